The number of aromatic nitrogens is 2. The lowest BCUT2D eigenvalue weighted by atomic mass is 10.1. The van der Waals surface area contributed by atoms with Gasteiger partial charge in [-0.05, 0) is 61.6 Å². The number of carbonyl (C=O) groups excluding carboxylic acids is 2. The zero-order chi connectivity index (χ0) is 39.1. The number of anilines is 6. The van der Waals surface area contributed by atoms with Gasteiger partial charge in [0.2, 0.25) is 5.95 Å². The molecule has 2 heterocycles. The minimum Gasteiger partial charge on any atom is -0.497 e. The van der Waals surface area contributed by atoms with Crippen LogP contribution in [0.25, 0.3) is 0 Å². The Balaban J connectivity index is 1.28. The van der Waals surface area contributed by atoms with Gasteiger partial charge in [-0.1, -0.05) is 6.07 Å². The van der Waals surface area contributed by atoms with Crippen molar-refractivity contribution in [2.24, 2.45) is 0 Å². The number of carbonyl (C=O) groups is 2. The number of amides is 2. The van der Waals surface area contributed by atoms with Crippen LogP contribution in [0.5, 0.6) is 23.0 Å². The van der Waals surface area contributed by atoms with Crippen LogP contribution in [0.2, 0.25) is 0 Å². The van der Waals surface area contributed by atoms with Gasteiger partial charge in [-0.25, -0.2) is 14.7 Å². The van der Waals surface area contributed by atoms with Crippen LogP contribution in [0.3, 0.4) is 0 Å². The highest BCUT2D eigenvalue weighted by molar-refractivity contribution is 6.04. The van der Waals surface area contributed by atoms with Gasteiger partial charge in [0.1, 0.15) is 28.8 Å². The minimum absolute atomic E-state index is 0.0611. The first-order valence-corrected chi connectivity index (χ1v) is 17.0. The molecule has 0 radical (unpaired) electrons. The Bertz CT molecular complexity index is 2140. The number of nitrogens with zero attached hydrogens (tertiary/aromatic N) is 5. The van der Waals surface area contributed by atoms with Crippen molar-refractivity contribution in [2.75, 3.05) is 75.0 Å². The van der Waals surface area contributed by atoms with Crippen molar-refractivity contribution < 1.29 is 41.7 Å². The van der Waals surface area contributed by atoms with E-state index in [0.717, 1.165) is 55.8 Å². The second-order valence-corrected chi connectivity index (χ2v) is 12.4. The summed E-state index contributed by atoms with van der Waals surface area (Å²) >= 11 is 0. The molecule has 1 aliphatic rings. The molecule has 1 aliphatic heterocycles. The maximum atomic E-state index is 14.2. The van der Waals surface area contributed by atoms with Crippen LogP contribution in [0.15, 0.2) is 97.2 Å². The average molecular weight is 758 g/mol. The summed E-state index contributed by atoms with van der Waals surface area (Å²) in [4.78, 5) is 42.0. The summed E-state index contributed by atoms with van der Waals surface area (Å²) in [6.45, 7) is 3.83. The number of rotatable bonds is 11. The Kier molecular flexibility index (Phi) is 11.5. The van der Waals surface area contributed by atoms with E-state index >= 15 is 0 Å². The third kappa shape index (κ3) is 9.34. The largest absolute Gasteiger partial charge is 0.497 e. The fourth-order valence-electron chi connectivity index (χ4n) is 5.78. The number of alkyl halides is 3. The molecule has 1 fully saturated rings. The summed E-state index contributed by atoms with van der Waals surface area (Å²) in [5.74, 6) is 0.323. The Labute approximate surface area is 315 Å². The van der Waals surface area contributed by atoms with Gasteiger partial charge in [0.25, 0.3) is 5.91 Å². The number of hydrogen-bond donors (Lipinski definition) is 2. The SMILES string of the molecule is COc1cc(NC(=O)c2cccc(C(F)(F)F)c2)cc(OC(=O)N(c2ccnc(Nc3ccc(N4CCN(C)CC4)cc3)n2)c2ccc(OC)cc2OC)c1. The molecule has 6 rings (SSSR count). The predicted octanol–water partition coefficient (Wildman–Crippen LogP) is 7.61. The van der Waals surface area contributed by atoms with Gasteiger partial charge in [0, 0.05) is 85.3 Å². The fourth-order valence-corrected chi connectivity index (χ4v) is 5.78. The average Bonchev–Trinajstić information content (AvgIpc) is 3.18. The second kappa shape index (κ2) is 16.6. The van der Waals surface area contributed by atoms with Gasteiger partial charge in [-0.3, -0.25) is 4.79 Å². The molecule has 1 saturated heterocycles. The molecular weight excluding hydrogens is 719 g/mol. The van der Waals surface area contributed by atoms with Crippen LogP contribution in [0.4, 0.5) is 52.5 Å². The van der Waals surface area contributed by atoms with Gasteiger partial charge >= 0.3 is 12.3 Å². The lowest BCUT2D eigenvalue weighted by molar-refractivity contribution is -0.137. The molecule has 2 amide bonds. The summed E-state index contributed by atoms with van der Waals surface area (Å²) in [5, 5.41) is 5.74. The summed E-state index contributed by atoms with van der Waals surface area (Å²) in [5.41, 5.74) is 0.956. The van der Waals surface area contributed by atoms with Crippen LogP contribution in [0, 0.1) is 0 Å². The van der Waals surface area contributed by atoms with Gasteiger partial charge in [0.05, 0.1) is 32.6 Å². The number of nitrogens with one attached hydrogen (secondary N) is 2. The van der Waals surface area contributed by atoms with Crippen LogP contribution in [-0.4, -0.2) is 81.4 Å². The number of halogens is 3. The summed E-state index contributed by atoms with van der Waals surface area (Å²) in [6, 6.07) is 22.4. The molecule has 286 valence electrons. The minimum atomic E-state index is -4.64. The Hall–Kier alpha value is -6.55. The molecule has 5 aromatic rings. The molecule has 0 unspecified atom stereocenters. The molecule has 2 N–H and O–H groups in total. The molecule has 55 heavy (non-hydrogen) atoms. The van der Waals surface area contributed by atoms with Gasteiger partial charge in [-0.2, -0.15) is 18.2 Å². The summed E-state index contributed by atoms with van der Waals surface area (Å²) < 4.78 is 62.1. The summed E-state index contributed by atoms with van der Waals surface area (Å²) in [6.07, 6.45) is -4.09. The van der Waals surface area contributed by atoms with Crippen molar-refractivity contribution in [2.45, 2.75) is 6.18 Å². The standard InChI is InChI=1S/C39H38F3N7O6/c1-47-16-18-48(19-17-47)29-10-8-27(9-11-29)45-37-43-15-14-35(46-37)49(33-13-12-30(52-2)24-34(33)54-4)38(51)55-32-22-28(21-31(23-32)53-3)44-36(50)25-6-5-7-26(20-25)39(40,41)42/h5-15,20-24H,16-19H2,1-4H3,(H,44,50)(H,43,45,46). The molecule has 0 bridgehead atoms. The smallest absolute Gasteiger partial charge is 0.425 e. The molecule has 4 aromatic carbocycles. The lowest BCUT2D eigenvalue weighted by Gasteiger charge is -2.34. The Morgan fingerprint density at radius 1 is 0.782 bits per heavy atom. The van der Waals surface area contributed by atoms with Gasteiger partial charge < -0.3 is 39.4 Å². The van der Waals surface area contributed by atoms with Gasteiger partial charge in [-0.15, -0.1) is 0 Å². The van der Waals surface area contributed by atoms with Crippen molar-refractivity contribution in [1.29, 1.82) is 0 Å². The van der Waals surface area contributed by atoms with Crippen molar-refractivity contribution in [1.82, 2.24) is 14.9 Å². The number of benzene rings is 4. The molecule has 0 spiro atoms. The molecule has 1 aromatic heterocycles. The molecule has 16 heteroatoms. The highest BCUT2D eigenvalue weighted by Crippen LogP contribution is 2.38. The second-order valence-electron chi connectivity index (χ2n) is 12.4. The van der Waals surface area contributed by atoms with E-state index in [4.69, 9.17) is 18.9 Å². The summed E-state index contributed by atoms with van der Waals surface area (Å²) in [7, 11) is 6.40. The molecule has 0 aliphatic carbocycles. The maximum Gasteiger partial charge on any atom is 0.425 e. The number of piperazine rings is 1. The highest BCUT2D eigenvalue weighted by atomic mass is 19.4. The van der Waals surface area contributed by atoms with Crippen molar-refractivity contribution in [3.05, 3.63) is 108 Å². The number of likely N-dealkylation sites (N-methyl/N-ethyl adjacent to an activating group) is 1. The normalized spacial score (nSPS) is 13.1. The van der Waals surface area contributed by atoms with E-state index < -0.39 is 23.7 Å². The topological polar surface area (TPSA) is 131 Å². The Morgan fingerprint density at radius 2 is 1.51 bits per heavy atom. The van der Waals surface area contributed by atoms with Crippen molar-refractivity contribution in [3.63, 3.8) is 0 Å². The van der Waals surface area contributed by atoms with Crippen LogP contribution in [-0.2, 0) is 6.18 Å². The monoisotopic (exact) mass is 757 g/mol. The zero-order valence-corrected chi connectivity index (χ0v) is 30.4. The quantitative estimate of drug-likeness (QED) is 0.138. The lowest BCUT2D eigenvalue weighted by Crippen LogP contribution is -2.44. The zero-order valence-electron chi connectivity index (χ0n) is 30.4. The predicted molar refractivity (Wildman–Crippen MR) is 202 cm³/mol. The van der Waals surface area contributed by atoms with E-state index in [2.05, 4.69) is 37.4 Å². The molecular formula is C39H38F3N7O6. The van der Waals surface area contributed by atoms with E-state index in [1.165, 1.54) is 62.8 Å². The van der Waals surface area contributed by atoms with E-state index in [-0.39, 0.29) is 46.0 Å². The van der Waals surface area contributed by atoms with Crippen LogP contribution >= 0.6 is 0 Å². The molecule has 0 atom stereocenters. The first kappa shape index (κ1) is 38.2. The van der Waals surface area contributed by atoms with Crippen molar-refractivity contribution >= 4 is 46.5 Å². The van der Waals surface area contributed by atoms with Crippen LogP contribution < -0.4 is 39.4 Å². The highest BCUT2D eigenvalue weighted by Gasteiger charge is 2.31. The van der Waals surface area contributed by atoms with E-state index in [1.807, 2.05) is 24.3 Å². The molecule has 13 nitrogen and oxygen atoms in total. The first-order chi connectivity index (χ1) is 26.4. The third-order valence-corrected chi connectivity index (χ3v) is 8.70. The number of methoxy groups -OCH3 is 3. The fraction of sp³-hybridized carbons (Fsp3) is 0.231. The van der Waals surface area contributed by atoms with Gasteiger partial charge in [0.15, 0.2) is 0 Å². The van der Waals surface area contributed by atoms with E-state index in [9.17, 15) is 22.8 Å². The Morgan fingerprint density at radius 3 is 2.20 bits per heavy atom. The third-order valence-electron chi connectivity index (χ3n) is 8.70. The van der Waals surface area contributed by atoms with E-state index in [0.29, 0.717) is 5.75 Å². The number of hydrogen-bond acceptors (Lipinski definition) is 11. The molecule has 0 saturated carbocycles. The first-order valence-electron chi connectivity index (χ1n) is 17.0. The number of ether oxygens (including phenoxy) is 4. The van der Waals surface area contributed by atoms with Crippen LogP contribution in [0.1, 0.15) is 15.9 Å². The van der Waals surface area contributed by atoms with Crippen molar-refractivity contribution in [3.8, 4) is 23.0 Å². The maximum absolute atomic E-state index is 14.2. The van der Waals surface area contributed by atoms with E-state index in [1.54, 1.807) is 18.2 Å².